The minimum Gasteiger partial charge on any atom is -0.382 e. The maximum Gasteiger partial charge on any atom is 0.255 e. The minimum atomic E-state index is -3.73. The van der Waals surface area contributed by atoms with Gasteiger partial charge in [0.2, 0.25) is 0 Å². The molecule has 3 rings (SSSR count). The highest BCUT2D eigenvalue weighted by atomic mass is 79.9. The molecule has 10 heteroatoms. The highest BCUT2D eigenvalue weighted by molar-refractivity contribution is 9.10. The number of hydrogen-bond donors (Lipinski definition) is 3. The Morgan fingerprint density at radius 2 is 1.84 bits per heavy atom. The van der Waals surface area contributed by atoms with Crippen molar-refractivity contribution in [3.63, 3.8) is 0 Å². The number of nitrogens with one attached hydrogen (secondary N) is 1. The Labute approximate surface area is 200 Å². The zero-order chi connectivity index (χ0) is 23.1. The van der Waals surface area contributed by atoms with Crippen molar-refractivity contribution in [3.8, 4) is 0 Å². The van der Waals surface area contributed by atoms with Gasteiger partial charge in [0.15, 0.2) is 5.84 Å². The van der Waals surface area contributed by atoms with Crippen molar-refractivity contribution < 1.29 is 8.42 Å². The number of hydrogen-bond acceptors (Lipinski definition) is 5. The van der Waals surface area contributed by atoms with Crippen molar-refractivity contribution in [2.24, 2.45) is 16.7 Å². The minimum absolute atomic E-state index is 0.139. The van der Waals surface area contributed by atoms with Gasteiger partial charge in [-0.2, -0.15) is 0 Å². The zero-order valence-corrected chi connectivity index (χ0v) is 20.0. The summed E-state index contributed by atoms with van der Waals surface area (Å²) in [7, 11) is -3.73. The van der Waals surface area contributed by atoms with E-state index in [0.29, 0.717) is 22.8 Å². The first-order chi connectivity index (χ1) is 15.2. The van der Waals surface area contributed by atoms with Crippen molar-refractivity contribution >= 4 is 55.2 Å². The molecule has 0 saturated carbocycles. The van der Waals surface area contributed by atoms with Crippen molar-refractivity contribution in [2.45, 2.75) is 6.54 Å². The molecule has 0 aromatic heterocycles. The Morgan fingerprint density at radius 3 is 2.59 bits per heavy atom. The summed E-state index contributed by atoms with van der Waals surface area (Å²) >= 11 is 9.34. The third-order valence-corrected chi connectivity index (χ3v) is 5.92. The molecule has 0 spiro atoms. The van der Waals surface area contributed by atoms with Crippen molar-refractivity contribution in [1.29, 1.82) is 0 Å². The molecule has 3 aromatic carbocycles. The summed E-state index contributed by atoms with van der Waals surface area (Å²) in [5.74, 6) is 6.08. The van der Waals surface area contributed by atoms with Crippen LogP contribution in [0.5, 0.6) is 0 Å². The van der Waals surface area contributed by atoms with E-state index >= 15 is 0 Å². The first-order valence-corrected chi connectivity index (χ1v) is 12.1. The number of sulfonamides is 1. The van der Waals surface area contributed by atoms with Crippen LogP contribution >= 0.6 is 27.5 Å². The molecular weight excluding hydrogens is 514 g/mol. The molecule has 0 saturated heterocycles. The second-order valence-corrected chi connectivity index (χ2v) is 9.72. The van der Waals surface area contributed by atoms with Crippen LogP contribution in [0, 0.1) is 0 Å². The monoisotopic (exact) mass is 533 g/mol. The summed E-state index contributed by atoms with van der Waals surface area (Å²) in [6.07, 6.45) is 1.51. The fourth-order valence-electron chi connectivity index (χ4n) is 2.77. The van der Waals surface area contributed by atoms with Gasteiger partial charge in [0.05, 0.1) is 12.0 Å². The number of hydrazine groups is 1. The van der Waals surface area contributed by atoms with Gasteiger partial charge in [-0.05, 0) is 53.6 Å². The summed E-state index contributed by atoms with van der Waals surface area (Å²) < 4.78 is 28.2. The van der Waals surface area contributed by atoms with E-state index in [1.165, 1.54) is 11.2 Å². The Hall–Kier alpha value is -2.85. The average molecular weight is 535 g/mol. The average Bonchev–Trinajstić information content (AvgIpc) is 2.72. The maximum absolute atomic E-state index is 12.4. The van der Waals surface area contributed by atoms with E-state index in [2.05, 4.69) is 25.8 Å². The zero-order valence-electron chi connectivity index (χ0n) is 16.8. The van der Waals surface area contributed by atoms with Crippen molar-refractivity contribution in [3.05, 3.63) is 104 Å². The normalized spacial score (nSPS) is 12.2. The fourth-order valence-corrected chi connectivity index (χ4v) is 4.26. The molecule has 0 amide bonds. The van der Waals surface area contributed by atoms with Crippen LogP contribution in [0.25, 0.3) is 6.08 Å². The van der Waals surface area contributed by atoms with E-state index < -0.39 is 10.0 Å². The lowest BCUT2D eigenvalue weighted by Gasteiger charge is -2.14. The lowest BCUT2D eigenvalue weighted by Crippen LogP contribution is -2.29. The number of anilines is 1. The van der Waals surface area contributed by atoms with E-state index in [1.54, 1.807) is 42.5 Å². The van der Waals surface area contributed by atoms with E-state index in [0.717, 1.165) is 21.0 Å². The van der Waals surface area contributed by atoms with Crippen LogP contribution in [0.2, 0.25) is 5.02 Å². The third kappa shape index (κ3) is 7.38. The van der Waals surface area contributed by atoms with Gasteiger partial charge in [-0.15, -0.1) is 5.10 Å². The highest BCUT2D eigenvalue weighted by Crippen LogP contribution is 2.16. The van der Waals surface area contributed by atoms with E-state index in [-0.39, 0.29) is 5.84 Å². The second kappa shape index (κ2) is 10.6. The van der Waals surface area contributed by atoms with Gasteiger partial charge >= 0.3 is 0 Å². The Bertz CT molecular complexity index is 1260. The molecule has 3 aromatic rings. The quantitative estimate of drug-likeness (QED) is 0.170. The molecule has 0 heterocycles. The Balaban J connectivity index is 1.70. The van der Waals surface area contributed by atoms with Gasteiger partial charge in [0.1, 0.15) is 0 Å². The topological polar surface area (TPSA) is 114 Å². The first-order valence-electron chi connectivity index (χ1n) is 9.38. The van der Waals surface area contributed by atoms with Gasteiger partial charge in [0, 0.05) is 20.7 Å². The molecule has 5 N–H and O–H groups in total. The largest absolute Gasteiger partial charge is 0.382 e. The Morgan fingerprint density at radius 1 is 1.09 bits per heavy atom. The van der Waals surface area contributed by atoms with E-state index in [9.17, 15) is 8.42 Å². The van der Waals surface area contributed by atoms with Gasteiger partial charge in [0.25, 0.3) is 10.0 Å². The van der Waals surface area contributed by atoms with Gasteiger partial charge in [-0.25, -0.2) is 19.4 Å². The van der Waals surface area contributed by atoms with Crippen LogP contribution in [0.1, 0.15) is 16.7 Å². The summed E-state index contributed by atoms with van der Waals surface area (Å²) in [5.41, 5.74) is 8.55. The van der Waals surface area contributed by atoms with E-state index in [4.69, 9.17) is 23.2 Å². The van der Waals surface area contributed by atoms with Crippen molar-refractivity contribution in [2.75, 3.05) is 4.72 Å². The lowest BCUT2D eigenvalue weighted by atomic mass is 10.2. The molecule has 0 atom stereocenters. The molecular formula is C22H21BrClN5O2S. The third-order valence-electron chi connectivity index (χ3n) is 4.18. The molecule has 0 bridgehead atoms. The van der Waals surface area contributed by atoms with Crippen LogP contribution in [-0.2, 0) is 16.6 Å². The van der Waals surface area contributed by atoms with Gasteiger partial charge in [-0.1, -0.05) is 63.9 Å². The maximum atomic E-state index is 12.4. The molecule has 0 unspecified atom stereocenters. The predicted molar refractivity (Wildman–Crippen MR) is 134 cm³/mol. The van der Waals surface area contributed by atoms with E-state index in [1.807, 2.05) is 30.3 Å². The summed E-state index contributed by atoms with van der Waals surface area (Å²) in [4.78, 5) is 0. The number of nitrogens with two attached hydrogens (primary N) is 2. The number of amidine groups is 1. The smallest absolute Gasteiger partial charge is 0.255 e. The van der Waals surface area contributed by atoms with Gasteiger partial charge in [-0.3, -0.25) is 4.72 Å². The predicted octanol–water partition coefficient (Wildman–Crippen LogP) is 4.51. The van der Waals surface area contributed by atoms with Gasteiger partial charge < -0.3 is 5.73 Å². The molecule has 0 radical (unpaired) electrons. The highest BCUT2D eigenvalue weighted by Gasteiger charge is 2.08. The SMILES string of the molecule is N/C(=N\N(N)Cc1cccc(Cl)c1)c1cccc(NS(=O)(=O)/C=C/c2cccc(Br)c2)c1. The second-order valence-electron chi connectivity index (χ2n) is 6.80. The number of benzene rings is 3. The number of rotatable bonds is 8. The fraction of sp³-hybridized carbons (Fsp3) is 0.0455. The van der Waals surface area contributed by atoms with Crippen molar-refractivity contribution in [1.82, 2.24) is 5.12 Å². The molecule has 0 aliphatic rings. The van der Waals surface area contributed by atoms with Crippen LogP contribution < -0.4 is 16.3 Å². The molecule has 0 aliphatic heterocycles. The Kier molecular flexibility index (Phi) is 7.92. The van der Waals surface area contributed by atoms with Crippen LogP contribution in [-0.4, -0.2) is 19.4 Å². The molecule has 0 aliphatic carbocycles. The molecule has 166 valence electrons. The number of hydrazone groups is 1. The summed E-state index contributed by atoms with van der Waals surface area (Å²) in [5, 5.41) is 7.06. The first kappa shape index (κ1) is 23.8. The van der Waals surface area contributed by atoms with Crippen LogP contribution in [0.15, 0.2) is 87.8 Å². The number of nitrogens with zero attached hydrogens (tertiary/aromatic N) is 2. The lowest BCUT2D eigenvalue weighted by molar-refractivity contribution is 0.290. The van der Waals surface area contributed by atoms with Crippen LogP contribution in [0.4, 0.5) is 5.69 Å². The molecule has 0 fully saturated rings. The molecule has 32 heavy (non-hydrogen) atoms. The molecule has 7 nitrogen and oxygen atoms in total. The standard InChI is InChI=1S/C22H21BrClN5O2S/c23-19-7-1-4-16(12-19)10-11-32(30,31)28-21-9-3-6-18(14-21)22(25)27-29(26)15-17-5-2-8-20(24)13-17/h1-14,28H,15,26H2,(H2,25,27)/b11-10+. The van der Waals surface area contributed by atoms with Crippen LogP contribution in [0.3, 0.4) is 0 Å². The number of halogens is 2. The summed E-state index contributed by atoms with van der Waals surface area (Å²) in [6, 6.07) is 21.1. The summed E-state index contributed by atoms with van der Waals surface area (Å²) in [6.45, 7) is 0.300.